The predicted octanol–water partition coefficient (Wildman–Crippen LogP) is 3.25. The van der Waals surface area contributed by atoms with Gasteiger partial charge in [0.1, 0.15) is 10.6 Å². The number of sulfone groups is 1. The van der Waals surface area contributed by atoms with Crippen LogP contribution in [0.5, 0.6) is 0 Å². The summed E-state index contributed by atoms with van der Waals surface area (Å²) >= 11 is 7.60. The zero-order valence-electron chi connectivity index (χ0n) is 14.0. The summed E-state index contributed by atoms with van der Waals surface area (Å²) in [7, 11) is -3.26. The predicted molar refractivity (Wildman–Crippen MR) is 104 cm³/mol. The van der Waals surface area contributed by atoms with Crippen LogP contribution in [0.3, 0.4) is 0 Å². The Hall–Kier alpha value is -1.74. The molecule has 0 amide bonds. The zero-order valence-corrected chi connectivity index (χ0v) is 16.4. The molecule has 1 aliphatic heterocycles. The van der Waals surface area contributed by atoms with Gasteiger partial charge in [0.15, 0.2) is 9.84 Å². The van der Waals surface area contributed by atoms with Crippen molar-refractivity contribution in [2.24, 2.45) is 0 Å². The number of aromatic nitrogens is 2. The molecule has 4 rings (SSSR count). The van der Waals surface area contributed by atoms with Gasteiger partial charge >= 0.3 is 0 Å². The van der Waals surface area contributed by atoms with Crippen LogP contribution in [0.2, 0.25) is 5.28 Å². The van der Waals surface area contributed by atoms with E-state index in [1.807, 2.05) is 12.1 Å². The second kappa shape index (κ2) is 6.77. The summed E-state index contributed by atoms with van der Waals surface area (Å²) in [6, 6.07) is 8.93. The molecule has 0 spiro atoms. The number of anilines is 1. The number of benzene rings is 1. The average Bonchev–Trinajstić information content (AvgIpc) is 3.05. The Labute approximate surface area is 160 Å². The minimum atomic E-state index is -3.26. The Bertz CT molecular complexity index is 1080. The fraction of sp³-hybridized carbons (Fsp3) is 0.294. The van der Waals surface area contributed by atoms with E-state index in [9.17, 15) is 8.42 Å². The Balaban J connectivity index is 1.83. The van der Waals surface area contributed by atoms with Gasteiger partial charge in [-0.1, -0.05) is 12.1 Å². The Morgan fingerprint density at radius 3 is 2.69 bits per heavy atom. The highest BCUT2D eigenvalue weighted by atomic mass is 35.5. The molecule has 1 saturated heterocycles. The summed E-state index contributed by atoms with van der Waals surface area (Å²) in [6.07, 6.45) is 1.21. The molecule has 0 N–H and O–H groups in total. The standard InChI is InChI=1S/C17H16ClN3O3S2/c1-26(22,23)12-4-2-3-11(9-12)14-10-13-15(21-5-7-24-8-6-21)19-17(18)20-16(13)25-14/h2-4,9-10H,5-8H2,1H3. The van der Waals surface area contributed by atoms with Gasteiger partial charge in [-0.2, -0.15) is 4.98 Å². The van der Waals surface area contributed by atoms with Crippen LogP contribution < -0.4 is 4.90 Å². The molecule has 6 nitrogen and oxygen atoms in total. The van der Waals surface area contributed by atoms with Gasteiger partial charge in [-0.05, 0) is 35.4 Å². The number of ether oxygens (including phenoxy) is 1. The van der Waals surface area contributed by atoms with E-state index in [0.717, 1.165) is 39.6 Å². The molecule has 0 saturated carbocycles. The summed E-state index contributed by atoms with van der Waals surface area (Å²) in [5, 5.41) is 1.12. The molecule has 1 aliphatic rings. The molecule has 26 heavy (non-hydrogen) atoms. The molecule has 136 valence electrons. The summed E-state index contributed by atoms with van der Waals surface area (Å²) < 4.78 is 29.1. The van der Waals surface area contributed by atoms with Crippen LogP contribution in [0, 0.1) is 0 Å². The highest BCUT2D eigenvalue weighted by Crippen LogP contribution is 2.37. The third-order valence-electron chi connectivity index (χ3n) is 4.20. The minimum absolute atomic E-state index is 0.206. The third-order valence-corrected chi connectivity index (χ3v) is 6.56. The van der Waals surface area contributed by atoms with Crippen molar-refractivity contribution in [3.63, 3.8) is 0 Å². The highest BCUT2D eigenvalue weighted by Gasteiger charge is 2.19. The maximum absolute atomic E-state index is 11.8. The Morgan fingerprint density at radius 1 is 1.19 bits per heavy atom. The first-order valence-corrected chi connectivity index (χ1v) is 11.1. The number of halogens is 1. The fourth-order valence-corrected chi connectivity index (χ4v) is 4.82. The smallest absolute Gasteiger partial charge is 0.225 e. The number of hydrogen-bond acceptors (Lipinski definition) is 7. The monoisotopic (exact) mass is 409 g/mol. The van der Waals surface area contributed by atoms with Gasteiger partial charge in [-0.25, -0.2) is 13.4 Å². The molecular weight excluding hydrogens is 394 g/mol. The minimum Gasteiger partial charge on any atom is -0.378 e. The number of morpholine rings is 1. The van der Waals surface area contributed by atoms with Crippen LogP contribution in [0.1, 0.15) is 0 Å². The van der Waals surface area contributed by atoms with Crippen LogP contribution in [-0.4, -0.2) is 50.9 Å². The van der Waals surface area contributed by atoms with Crippen LogP contribution in [0.4, 0.5) is 5.82 Å². The second-order valence-electron chi connectivity index (χ2n) is 6.05. The quantitative estimate of drug-likeness (QED) is 0.618. The lowest BCUT2D eigenvalue weighted by atomic mass is 10.2. The van der Waals surface area contributed by atoms with Crippen LogP contribution >= 0.6 is 22.9 Å². The van der Waals surface area contributed by atoms with Crippen molar-refractivity contribution < 1.29 is 13.2 Å². The number of hydrogen-bond donors (Lipinski definition) is 0. The van der Waals surface area contributed by atoms with Gasteiger partial charge in [-0.15, -0.1) is 11.3 Å². The van der Waals surface area contributed by atoms with Crippen molar-refractivity contribution in [1.82, 2.24) is 9.97 Å². The maximum Gasteiger partial charge on any atom is 0.225 e. The maximum atomic E-state index is 11.8. The SMILES string of the molecule is CS(=O)(=O)c1cccc(-c2cc3c(N4CCOCC4)nc(Cl)nc3s2)c1. The van der Waals surface area contributed by atoms with E-state index in [1.54, 1.807) is 18.2 Å². The molecule has 3 aromatic rings. The lowest BCUT2D eigenvalue weighted by Gasteiger charge is -2.28. The summed E-state index contributed by atoms with van der Waals surface area (Å²) in [4.78, 5) is 12.9. The molecule has 0 bridgehead atoms. The largest absolute Gasteiger partial charge is 0.378 e. The third kappa shape index (κ3) is 3.42. The van der Waals surface area contributed by atoms with E-state index in [4.69, 9.17) is 16.3 Å². The molecule has 9 heteroatoms. The zero-order chi connectivity index (χ0) is 18.3. The normalized spacial score (nSPS) is 15.5. The Morgan fingerprint density at radius 2 is 1.96 bits per heavy atom. The second-order valence-corrected chi connectivity index (χ2v) is 9.43. The van der Waals surface area contributed by atoms with E-state index in [0.29, 0.717) is 18.1 Å². The van der Waals surface area contributed by atoms with Gasteiger partial charge in [0.2, 0.25) is 5.28 Å². The van der Waals surface area contributed by atoms with Crippen molar-refractivity contribution in [2.45, 2.75) is 4.90 Å². The topological polar surface area (TPSA) is 72.4 Å². The highest BCUT2D eigenvalue weighted by molar-refractivity contribution is 7.90. The number of fused-ring (bicyclic) bond motifs is 1. The van der Waals surface area contributed by atoms with Crippen molar-refractivity contribution in [3.8, 4) is 10.4 Å². The molecule has 0 atom stereocenters. The number of thiophene rings is 1. The molecule has 0 unspecified atom stereocenters. The van der Waals surface area contributed by atoms with Gasteiger partial charge in [0, 0.05) is 24.2 Å². The van der Waals surface area contributed by atoms with Crippen LogP contribution in [0.25, 0.3) is 20.7 Å². The fourth-order valence-electron chi connectivity index (χ4n) is 2.92. The van der Waals surface area contributed by atoms with E-state index >= 15 is 0 Å². The van der Waals surface area contributed by atoms with Gasteiger partial charge in [0.25, 0.3) is 0 Å². The molecule has 3 heterocycles. The summed E-state index contributed by atoms with van der Waals surface area (Å²) in [6.45, 7) is 2.79. The number of nitrogens with zero attached hydrogens (tertiary/aromatic N) is 3. The molecule has 1 aromatic carbocycles. The van der Waals surface area contributed by atoms with Crippen LogP contribution in [-0.2, 0) is 14.6 Å². The van der Waals surface area contributed by atoms with E-state index in [-0.39, 0.29) is 5.28 Å². The van der Waals surface area contributed by atoms with Crippen LogP contribution in [0.15, 0.2) is 35.2 Å². The van der Waals surface area contributed by atoms with E-state index in [1.165, 1.54) is 17.6 Å². The van der Waals surface area contributed by atoms with Gasteiger partial charge in [0.05, 0.1) is 23.5 Å². The number of rotatable bonds is 3. The average molecular weight is 410 g/mol. The van der Waals surface area contributed by atoms with Gasteiger partial charge in [-0.3, -0.25) is 0 Å². The van der Waals surface area contributed by atoms with Gasteiger partial charge < -0.3 is 9.64 Å². The first kappa shape index (κ1) is 17.7. The molecule has 2 aromatic heterocycles. The lowest BCUT2D eigenvalue weighted by molar-refractivity contribution is 0.122. The summed E-state index contributed by atoms with van der Waals surface area (Å²) in [5.41, 5.74) is 0.833. The first-order chi connectivity index (χ1) is 12.4. The van der Waals surface area contributed by atoms with Crippen molar-refractivity contribution in [1.29, 1.82) is 0 Å². The Kier molecular flexibility index (Phi) is 4.60. The summed E-state index contributed by atoms with van der Waals surface area (Å²) in [5.74, 6) is 0.796. The van der Waals surface area contributed by atoms with Crippen molar-refractivity contribution in [3.05, 3.63) is 35.6 Å². The van der Waals surface area contributed by atoms with Crippen molar-refractivity contribution in [2.75, 3.05) is 37.5 Å². The molecule has 0 radical (unpaired) electrons. The van der Waals surface area contributed by atoms with E-state index in [2.05, 4.69) is 14.9 Å². The molecular formula is C17H16ClN3O3S2. The molecule has 0 aliphatic carbocycles. The molecule has 1 fully saturated rings. The lowest BCUT2D eigenvalue weighted by Crippen LogP contribution is -2.36. The first-order valence-electron chi connectivity index (χ1n) is 8.02. The van der Waals surface area contributed by atoms with E-state index < -0.39 is 9.84 Å². The van der Waals surface area contributed by atoms with Crippen molar-refractivity contribution >= 4 is 48.8 Å².